The predicted molar refractivity (Wildman–Crippen MR) is 83.4 cm³/mol. The molecule has 0 saturated heterocycles. The fourth-order valence-electron chi connectivity index (χ4n) is 2.13. The van der Waals surface area contributed by atoms with Gasteiger partial charge in [-0.3, -0.25) is 4.79 Å². The lowest BCUT2D eigenvalue weighted by molar-refractivity contribution is 0.0938. The molecule has 1 amide bonds. The number of para-hydroxylation sites is 2. The van der Waals surface area contributed by atoms with Crippen LogP contribution in [0.2, 0.25) is 5.02 Å². The van der Waals surface area contributed by atoms with Crippen molar-refractivity contribution in [2.24, 2.45) is 0 Å². The Kier molecular flexibility index (Phi) is 3.62. The summed E-state index contributed by atoms with van der Waals surface area (Å²) in [4.78, 5) is 19.9. The summed E-state index contributed by atoms with van der Waals surface area (Å²) in [6.07, 6.45) is 0. The maximum atomic E-state index is 12.2. The largest absolute Gasteiger partial charge is 0.342 e. The minimum absolute atomic E-state index is 0.153. The predicted octanol–water partition coefficient (Wildman–Crippen LogP) is 3.71. The van der Waals surface area contributed by atoms with Crippen LogP contribution < -0.4 is 5.32 Å². The van der Waals surface area contributed by atoms with Gasteiger partial charge in [-0.15, -0.1) is 0 Å². The van der Waals surface area contributed by atoms with Gasteiger partial charge >= 0.3 is 0 Å². The number of carbonyl (C=O) groups excluding carboxylic acids is 1. The van der Waals surface area contributed by atoms with Gasteiger partial charge in [0.15, 0.2) is 0 Å². The van der Waals surface area contributed by atoms with Crippen LogP contribution in [-0.4, -0.2) is 15.9 Å². The second-order valence-electron chi connectivity index (χ2n) is 4.84. The quantitative estimate of drug-likeness (QED) is 0.774. The standard InChI is InChI=1S/C16H14ClN3O/c1-10(15-19-13-4-2-3-5-14(13)20-15)18-16(21)11-6-8-12(17)9-7-11/h2-10H,1H3,(H,18,21)(H,19,20). The highest BCUT2D eigenvalue weighted by Gasteiger charge is 2.14. The summed E-state index contributed by atoms with van der Waals surface area (Å²) in [6.45, 7) is 1.89. The van der Waals surface area contributed by atoms with Crippen molar-refractivity contribution < 1.29 is 4.79 Å². The third-order valence-corrected chi connectivity index (χ3v) is 3.52. The third-order valence-electron chi connectivity index (χ3n) is 3.27. The van der Waals surface area contributed by atoms with Crippen LogP contribution in [0.15, 0.2) is 48.5 Å². The zero-order valence-electron chi connectivity index (χ0n) is 11.4. The number of carbonyl (C=O) groups is 1. The number of amides is 1. The third kappa shape index (κ3) is 2.90. The van der Waals surface area contributed by atoms with E-state index in [4.69, 9.17) is 11.6 Å². The normalized spacial score (nSPS) is 12.3. The maximum Gasteiger partial charge on any atom is 0.251 e. The highest BCUT2D eigenvalue weighted by molar-refractivity contribution is 6.30. The van der Waals surface area contributed by atoms with Gasteiger partial charge in [0.2, 0.25) is 0 Å². The van der Waals surface area contributed by atoms with Crippen LogP contribution in [-0.2, 0) is 0 Å². The minimum Gasteiger partial charge on any atom is -0.342 e. The number of aromatic amines is 1. The zero-order valence-corrected chi connectivity index (χ0v) is 12.2. The van der Waals surface area contributed by atoms with Gasteiger partial charge in [-0.05, 0) is 43.3 Å². The van der Waals surface area contributed by atoms with Gasteiger partial charge in [0, 0.05) is 10.6 Å². The molecule has 106 valence electrons. The number of nitrogens with zero attached hydrogens (tertiary/aromatic N) is 1. The Morgan fingerprint density at radius 3 is 2.62 bits per heavy atom. The van der Waals surface area contributed by atoms with E-state index in [2.05, 4.69) is 15.3 Å². The van der Waals surface area contributed by atoms with E-state index >= 15 is 0 Å². The van der Waals surface area contributed by atoms with Crippen molar-refractivity contribution in [3.63, 3.8) is 0 Å². The number of rotatable bonds is 3. The number of nitrogens with one attached hydrogen (secondary N) is 2. The van der Waals surface area contributed by atoms with E-state index in [1.807, 2.05) is 31.2 Å². The van der Waals surface area contributed by atoms with Crippen molar-refractivity contribution >= 4 is 28.5 Å². The lowest BCUT2D eigenvalue weighted by Crippen LogP contribution is -2.27. The van der Waals surface area contributed by atoms with Gasteiger partial charge in [0.05, 0.1) is 17.1 Å². The molecule has 1 atom stereocenters. The van der Waals surface area contributed by atoms with Gasteiger partial charge in [-0.25, -0.2) is 4.98 Å². The lowest BCUT2D eigenvalue weighted by Gasteiger charge is -2.11. The molecule has 3 aromatic rings. The van der Waals surface area contributed by atoms with Crippen LogP contribution in [0.1, 0.15) is 29.1 Å². The molecule has 2 aromatic carbocycles. The first-order valence-corrected chi connectivity index (χ1v) is 7.02. The fourth-order valence-corrected chi connectivity index (χ4v) is 2.25. The molecule has 0 aliphatic rings. The number of aromatic nitrogens is 2. The van der Waals surface area contributed by atoms with Crippen molar-refractivity contribution in [1.29, 1.82) is 0 Å². The second-order valence-corrected chi connectivity index (χ2v) is 5.28. The first kappa shape index (κ1) is 13.6. The Hall–Kier alpha value is -2.33. The first-order valence-electron chi connectivity index (χ1n) is 6.64. The van der Waals surface area contributed by atoms with Crippen molar-refractivity contribution in [2.75, 3.05) is 0 Å². The average Bonchev–Trinajstić information content (AvgIpc) is 2.92. The Morgan fingerprint density at radius 2 is 1.90 bits per heavy atom. The van der Waals surface area contributed by atoms with Crippen LogP contribution >= 0.6 is 11.6 Å². The summed E-state index contributed by atoms with van der Waals surface area (Å²) in [5.74, 6) is 0.582. The molecule has 0 saturated carbocycles. The van der Waals surface area contributed by atoms with E-state index in [1.54, 1.807) is 24.3 Å². The van der Waals surface area contributed by atoms with E-state index < -0.39 is 0 Å². The number of imidazole rings is 1. The lowest BCUT2D eigenvalue weighted by atomic mass is 10.2. The maximum absolute atomic E-state index is 12.2. The van der Waals surface area contributed by atoms with Crippen molar-refractivity contribution in [1.82, 2.24) is 15.3 Å². The number of fused-ring (bicyclic) bond motifs is 1. The van der Waals surface area contributed by atoms with E-state index in [0.717, 1.165) is 16.9 Å². The molecular formula is C16H14ClN3O. The van der Waals surface area contributed by atoms with Crippen LogP contribution in [0.5, 0.6) is 0 Å². The van der Waals surface area contributed by atoms with Crippen LogP contribution in [0.4, 0.5) is 0 Å². The molecule has 21 heavy (non-hydrogen) atoms. The van der Waals surface area contributed by atoms with Crippen molar-refractivity contribution in [3.8, 4) is 0 Å². The van der Waals surface area contributed by atoms with Gasteiger partial charge in [0.25, 0.3) is 5.91 Å². The summed E-state index contributed by atoms with van der Waals surface area (Å²) in [6, 6.07) is 14.4. The van der Waals surface area contributed by atoms with E-state index in [0.29, 0.717) is 10.6 Å². The average molecular weight is 300 g/mol. The van der Waals surface area contributed by atoms with Crippen LogP contribution in [0.25, 0.3) is 11.0 Å². The Balaban J connectivity index is 1.77. The molecular weight excluding hydrogens is 286 g/mol. The molecule has 1 heterocycles. The summed E-state index contributed by atoms with van der Waals surface area (Å²) in [5, 5.41) is 3.53. The molecule has 0 spiro atoms. The number of H-pyrrole nitrogens is 1. The number of hydrogen-bond acceptors (Lipinski definition) is 2. The number of halogens is 1. The molecule has 3 rings (SSSR count). The van der Waals surface area contributed by atoms with Gasteiger partial charge in [-0.2, -0.15) is 0 Å². The van der Waals surface area contributed by atoms with Gasteiger partial charge in [-0.1, -0.05) is 23.7 Å². The molecule has 0 fully saturated rings. The number of hydrogen-bond donors (Lipinski definition) is 2. The summed E-state index contributed by atoms with van der Waals surface area (Å²) in [7, 11) is 0. The summed E-state index contributed by atoms with van der Waals surface area (Å²) < 4.78 is 0. The Morgan fingerprint density at radius 1 is 1.19 bits per heavy atom. The summed E-state index contributed by atoms with van der Waals surface area (Å²) in [5.41, 5.74) is 2.42. The second kappa shape index (κ2) is 5.58. The molecule has 0 radical (unpaired) electrons. The topological polar surface area (TPSA) is 57.8 Å². The van der Waals surface area contributed by atoms with Crippen molar-refractivity contribution in [2.45, 2.75) is 13.0 Å². The zero-order chi connectivity index (χ0) is 14.8. The highest BCUT2D eigenvalue weighted by atomic mass is 35.5. The molecule has 1 unspecified atom stereocenters. The minimum atomic E-state index is -0.208. The molecule has 1 aromatic heterocycles. The Bertz CT molecular complexity index is 747. The van der Waals surface area contributed by atoms with Crippen LogP contribution in [0, 0.1) is 0 Å². The van der Waals surface area contributed by atoms with E-state index in [1.165, 1.54) is 0 Å². The number of benzene rings is 2. The molecule has 5 heteroatoms. The Labute approximate surface area is 127 Å². The first-order chi connectivity index (χ1) is 10.1. The highest BCUT2D eigenvalue weighted by Crippen LogP contribution is 2.16. The molecule has 0 aliphatic carbocycles. The van der Waals surface area contributed by atoms with Gasteiger partial charge < -0.3 is 10.3 Å². The van der Waals surface area contributed by atoms with Gasteiger partial charge in [0.1, 0.15) is 5.82 Å². The monoisotopic (exact) mass is 299 g/mol. The smallest absolute Gasteiger partial charge is 0.251 e. The fraction of sp³-hybridized carbons (Fsp3) is 0.125. The van der Waals surface area contributed by atoms with E-state index in [-0.39, 0.29) is 11.9 Å². The molecule has 0 bridgehead atoms. The molecule has 0 aliphatic heterocycles. The molecule has 4 nitrogen and oxygen atoms in total. The van der Waals surface area contributed by atoms with Crippen molar-refractivity contribution in [3.05, 3.63) is 64.9 Å². The SMILES string of the molecule is CC(NC(=O)c1ccc(Cl)cc1)c1nc2ccccc2[nH]1. The van der Waals surface area contributed by atoms with E-state index in [9.17, 15) is 4.79 Å². The van der Waals surface area contributed by atoms with Crippen LogP contribution in [0.3, 0.4) is 0 Å². The molecule has 2 N–H and O–H groups in total. The summed E-state index contributed by atoms with van der Waals surface area (Å²) >= 11 is 5.82.